The van der Waals surface area contributed by atoms with Crippen LogP contribution in [0.1, 0.15) is 20.3 Å². The van der Waals surface area contributed by atoms with Crippen molar-refractivity contribution in [3.05, 3.63) is 0 Å². The Morgan fingerprint density at radius 1 is 1.53 bits per heavy atom. The SMILES string of the molecule is CCN1C(=O)N=C2N=CN=C2C1(N)CC. The highest BCUT2D eigenvalue weighted by atomic mass is 16.2. The number of rotatable bonds is 2. The molecule has 0 saturated heterocycles. The van der Waals surface area contributed by atoms with Crippen molar-refractivity contribution in [2.45, 2.75) is 25.9 Å². The predicted octanol–water partition coefficient (Wildman–Crippen LogP) is 0.388. The van der Waals surface area contributed by atoms with Crippen LogP contribution in [0.5, 0.6) is 0 Å². The summed E-state index contributed by atoms with van der Waals surface area (Å²) in [5, 5.41) is 0. The van der Waals surface area contributed by atoms with Gasteiger partial charge in [0.2, 0.25) is 0 Å². The van der Waals surface area contributed by atoms with Crippen molar-refractivity contribution in [3.8, 4) is 0 Å². The van der Waals surface area contributed by atoms with Gasteiger partial charge in [-0.2, -0.15) is 4.99 Å². The molecule has 1 atom stereocenters. The average molecular weight is 207 g/mol. The van der Waals surface area contributed by atoms with E-state index in [0.717, 1.165) is 0 Å². The normalized spacial score (nSPS) is 29.0. The fourth-order valence-electron chi connectivity index (χ4n) is 1.87. The van der Waals surface area contributed by atoms with Gasteiger partial charge in [0.05, 0.1) is 0 Å². The molecule has 0 aromatic carbocycles. The summed E-state index contributed by atoms with van der Waals surface area (Å²) in [6.07, 6.45) is 1.98. The van der Waals surface area contributed by atoms with Gasteiger partial charge in [0, 0.05) is 6.54 Å². The van der Waals surface area contributed by atoms with E-state index in [2.05, 4.69) is 15.0 Å². The number of fused-ring (bicyclic) bond motifs is 1. The first kappa shape index (κ1) is 9.97. The molecular formula is C9H13N5O. The lowest BCUT2D eigenvalue weighted by molar-refractivity contribution is 0.163. The Bertz CT molecular complexity index is 397. The molecular weight excluding hydrogens is 194 g/mol. The van der Waals surface area contributed by atoms with Crippen LogP contribution in [-0.2, 0) is 0 Å². The molecule has 80 valence electrons. The summed E-state index contributed by atoms with van der Waals surface area (Å²) >= 11 is 0. The quantitative estimate of drug-likeness (QED) is 0.710. The molecule has 0 bridgehead atoms. The molecule has 0 radical (unpaired) electrons. The number of hydrogen-bond acceptors (Lipinski definition) is 4. The molecule has 2 aliphatic heterocycles. The highest BCUT2D eigenvalue weighted by molar-refractivity contribution is 6.51. The first-order chi connectivity index (χ1) is 7.13. The van der Waals surface area contributed by atoms with E-state index in [1.54, 1.807) is 0 Å². The van der Waals surface area contributed by atoms with Gasteiger partial charge < -0.3 is 5.73 Å². The molecule has 2 amide bonds. The minimum Gasteiger partial charge on any atom is -0.303 e. The molecule has 0 fully saturated rings. The van der Waals surface area contributed by atoms with Crippen LogP contribution in [0.25, 0.3) is 0 Å². The number of amidine groups is 1. The fourth-order valence-corrected chi connectivity index (χ4v) is 1.87. The second-order valence-corrected chi connectivity index (χ2v) is 3.46. The molecule has 0 saturated carbocycles. The van der Waals surface area contributed by atoms with E-state index in [9.17, 15) is 4.79 Å². The summed E-state index contributed by atoms with van der Waals surface area (Å²) in [5.74, 6) is 0.356. The van der Waals surface area contributed by atoms with Crippen molar-refractivity contribution in [1.29, 1.82) is 0 Å². The van der Waals surface area contributed by atoms with Crippen molar-refractivity contribution < 1.29 is 4.79 Å². The Kier molecular flexibility index (Phi) is 2.15. The van der Waals surface area contributed by atoms with Crippen LogP contribution in [-0.4, -0.2) is 41.0 Å². The zero-order valence-electron chi connectivity index (χ0n) is 8.77. The van der Waals surface area contributed by atoms with E-state index in [4.69, 9.17) is 5.73 Å². The third-order valence-electron chi connectivity index (χ3n) is 2.76. The second kappa shape index (κ2) is 3.23. The maximum absolute atomic E-state index is 11.7. The molecule has 2 N–H and O–H groups in total. The lowest BCUT2D eigenvalue weighted by atomic mass is 9.97. The van der Waals surface area contributed by atoms with E-state index in [0.29, 0.717) is 24.5 Å². The number of amides is 2. The minimum absolute atomic E-state index is 0.338. The van der Waals surface area contributed by atoms with Gasteiger partial charge in [-0.15, -0.1) is 0 Å². The largest absolute Gasteiger partial charge is 0.347 e. The average Bonchev–Trinajstić information content (AvgIpc) is 2.66. The van der Waals surface area contributed by atoms with Crippen LogP contribution in [0.3, 0.4) is 0 Å². The fraction of sp³-hybridized carbons (Fsp3) is 0.556. The molecule has 6 heteroatoms. The van der Waals surface area contributed by atoms with E-state index in [1.807, 2.05) is 13.8 Å². The van der Waals surface area contributed by atoms with Gasteiger partial charge in [-0.1, -0.05) is 6.92 Å². The van der Waals surface area contributed by atoms with Crippen LogP contribution in [0.2, 0.25) is 0 Å². The lowest BCUT2D eigenvalue weighted by Gasteiger charge is -2.40. The van der Waals surface area contributed by atoms with Gasteiger partial charge in [0.25, 0.3) is 0 Å². The number of carbonyl (C=O) groups is 1. The molecule has 0 aromatic rings. The monoisotopic (exact) mass is 207 g/mol. The van der Waals surface area contributed by atoms with Gasteiger partial charge in [-0.05, 0) is 13.3 Å². The zero-order valence-corrected chi connectivity index (χ0v) is 8.77. The van der Waals surface area contributed by atoms with Crippen molar-refractivity contribution in [1.82, 2.24) is 4.90 Å². The Morgan fingerprint density at radius 3 is 2.87 bits per heavy atom. The molecule has 1 unspecified atom stereocenters. The number of carbonyl (C=O) groups excluding carboxylic acids is 1. The van der Waals surface area contributed by atoms with Crippen LogP contribution in [0.15, 0.2) is 15.0 Å². The number of urea groups is 1. The second-order valence-electron chi connectivity index (χ2n) is 3.46. The maximum atomic E-state index is 11.7. The molecule has 2 rings (SSSR count). The molecule has 2 heterocycles. The first-order valence-electron chi connectivity index (χ1n) is 4.93. The molecule has 0 aliphatic carbocycles. The molecule has 0 spiro atoms. The number of nitrogens with zero attached hydrogens (tertiary/aromatic N) is 4. The Labute approximate surface area is 87.6 Å². The Hall–Kier alpha value is -1.56. The predicted molar refractivity (Wildman–Crippen MR) is 58.3 cm³/mol. The summed E-state index contributed by atoms with van der Waals surface area (Å²) in [6.45, 7) is 4.30. The minimum atomic E-state index is -0.862. The molecule has 6 nitrogen and oxygen atoms in total. The van der Waals surface area contributed by atoms with Gasteiger partial charge >= 0.3 is 6.03 Å². The standard InChI is InChI=1S/C9H13N5O/c1-3-9(10)6-7(12-5-11-6)13-8(15)14(9)4-2/h5H,3-4,10H2,1-2H3. The van der Waals surface area contributed by atoms with Crippen molar-refractivity contribution >= 4 is 23.9 Å². The highest BCUT2D eigenvalue weighted by Crippen LogP contribution is 2.24. The van der Waals surface area contributed by atoms with E-state index >= 15 is 0 Å². The third-order valence-corrected chi connectivity index (χ3v) is 2.76. The smallest absolute Gasteiger partial charge is 0.303 e. The first-order valence-corrected chi connectivity index (χ1v) is 4.93. The third kappa shape index (κ3) is 1.21. The molecule has 2 aliphatic rings. The highest BCUT2D eigenvalue weighted by Gasteiger charge is 2.45. The van der Waals surface area contributed by atoms with Crippen LogP contribution in [0, 0.1) is 0 Å². The number of nitrogens with two attached hydrogens (primary N) is 1. The topological polar surface area (TPSA) is 83.4 Å². The van der Waals surface area contributed by atoms with Crippen molar-refractivity contribution in [3.63, 3.8) is 0 Å². The van der Waals surface area contributed by atoms with Gasteiger partial charge in [0.1, 0.15) is 17.7 Å². The summed E-state index contributed by atoms with van der Waals surface area (Å²) in [4.78, 5) is 25.0. The van der Waals surface area contributed by atoms with E-state index in [1.165, 1.54) is 11.2 Å². The molecule has 0 aromatic heterocycles. The Morgan fingerprint density at radius 2 is 2.27 bits per heavy atom. The summed E-state index contributed by atoms with van der Waals surface area (Å²) in [6, 6.07) is -0.338. The van der Waals surface area contributed by atoms with E-state index < -0.39 is 5.66 Å². The van der Waals surface area contributed by atoms with E-state index in [-0.39, 0.29) is 6.03 Å². The summed E-state index contributed by atoms with van der Waals surface area (Å²) in [5.41, 5.74) is 5.93. The van der Waals surface area contributed by atoms with Gasteiger partial charge in [-0.25, -0.2) is 14.8 Å². The zero-order chi connectivity index (χ0) is 11.1. The molecule has 15 heavy (non-hydrogen) atoms. The van der Waals surface area contributed by atoms with Crippen LogP contribution >= 0.6 is 0 Å². The number of aliphatic imine (C=N–C) groups is 3. The number of hydrogen-bond donors (Lipinski definition) is 1. The van der Waals surface area contributed by atoms with Crippen molar-refractivity contribution in [2.24, 2.45) is 20.7 Å². The van der Waals surface area contributed by atoms with Crippen LogP contribution < -0.4 is 5.73 Å². The summed E-state index contributed by atoms with van der Waals surface area (Å²) < 4.78 is 0. The Balaban J connectivity index is 2.52. The van der Waals surface area contributed by atoms with Gasteiger partial charge in [0.15, 0.2) is 5.84 Å². The van der Waals surface area contributed by atoms with Crippen LogP contribution in [0.4, 0.5) is 4.79 Å². The maximum Gasteiger partial charge on any atom is 0.347 e. The summed E-state index contributed by atoms with van der Waals surface area (Å²) in [7, 11) is 0. The lowest BCUT2D eigenvalue weighted by Crippen LogP contribution is -2.66. The van der Waals surface area contributed by atoms with Crippen molar-refractivity contribution in [2.75, 3.05) is 6.54 Å². The van der Waals surface area contributed by atoms with Gasteiger partial charge in [-0.3, -0.25) is 4.90 Å².